The Bertz CT molecular complexity index is 1150. The van der Waals surface area contributed by atoms with E-state index >= 15 is 0 Å². The van der Waals surface area contributed by atoms with Crippen molar-refractivity contribution in [2.75, 3.05) is 26.7 Å². The molecule has 8 heteroatoms. The molecule has 3 atom stereocenters. The second-order valence-electron chi connectivity index (χ2n) is 8.42. The number of hydrogen-bond donors (Lipinski definition) is 1. The van der Waals surface area contributed by atoms with Gasteiger partial charge < -0.3 is 14.7 Å². The Morgan fingerprint density at radius 1 is 1.21 bits per heavy atom. The highest BCUT2D eigenvalue weighted by Crippen LogP contribution is 2.34. The number of carbonyl (C=O) groups is 1. The molecule has 0 bridgehead atoms. The van der Waals surface area contributed by atoms with E-state index in [-0.39, 0.29) is 35.6 Å². The molecular weight excluding hydrogens is 440 g/mol. The zero-order valence-electron chi connectivity index (χ0n) is 19.4. The third kappa shape index (κ3) is 5.74. The van der Waals surface area contributed by atoms with Crippen molar-refractivity contribution < 1.29 is 23.1 Å². The smallest absolute Gasteiger partial charge is 0.247 e. The van der Waals surface area contributed by atoms with E-state index in [2.05, 4.69) is 11.8 Å². The summed E-state index contributed by atoms with van der Waals surface area (Å²) in [4.78, 5) is 13.4. The molecule has 1 aliphatic rings. The number of fused-ring (bicyclic) bond motifs is 1. The number of hydrogen-bond acceptors (Lipinski definition) is 5. The van der Waals surface area contributed by atoms with Crippen LogP contribution >= 0.6 is 0 Å². The molecule has 176 valence electrons. The number of likely N-dealkylation sites (N-methyl/N-ethyl adjacent to an activating group) is 1. The van der Waals surface area contributed by atoms with Crippen molar-refractivity contribution in [1.29, 1.82) is 0 Å². The maximum Gasteiger partial charge on any atom is 0.247 e. The third-order valence-electron chi connectivity index (χ3n) is 5.78. The lowest BCUT2D eigenvalue weighted by Gasteiger charge is -2.37. The van der Waals surface area contributed by atoms with Crippen molar-refractivity contribution in [3.05, 3.63) is 59.7 Å². The van der Waals surface area contributed by atoms with Crippen LogP contribution in [0.15, 0.2) is 53.4 Å². The topological polar surface area (TPSA) is 87.2 Å². The van der Waals surface area contributed by atoms with E-state index in [0.717, 1.165) is 5.56 Å². The van der Waals surface area contributed by atoms with Crippen molar-refractivity contribution in [3.63, 3.8) is 0 Å². The van der Waals surface area contributed by atoms with E-state index in [1.807, 2.05) is 37.3 Å². The van der Waals surface area contributed by atoms with Gasteiger partial charge in [0, 0.05) is 43.6 Å². The summed E-state index contributed by atoms with van der Waals surface area (Å²) in [6, 6.07) is 13.7. The van der Waals surface area contributed by atoms with Gasteiger partial charge in [-0.25, -0.2) is 8.42 Å². The quantitative estimate of drug-likeness (QED) is 0.693. The van der Waals surface area contributed by atoms with Gasteiger partial charge in [0.2, 0.25) is 15.9 Å². The van der Waals surface area contributed by atoms with E-state index in [0.29, 0.717) is 12.1 Å². The Morgan fingerprint density at radius 2 is 1.88 bits per heavy atom. The van der Waals surface area contributed by atoms with Gasteiger partial charge in [0.1, 0.15) is 16.7 Å². The van der Waals surface area contributed by atoms with Crippen molar-refractivity contribution in [2.45, 2.75) is 37.8 Å². The first kappa shape index (κ1) is 24.8. The molecule has 1 heterocycles. The fourth-order valence-electron chi connectivity index (χ4n) is 3.59. The summed E-state index contributed by atoms with van der Waals surface area (Å²) in [6.07, 6.45) is -0.445. The van der Waals surface area contributed by atoms with Crippen LogP contribution in [0.5, 0.6) is 5.75 Å². The number of aliphatic hydroxyl groups excluding tert-OH is 1. The van der Waals surface area contributed by atoms with Crippen LogP contribution in [0.2, 0.25) is 0 Å². The highest BCUT2D eigenvalue weighted by atomic mass is 32.2. The highest BCUT2D eigenvalue weighted by Gasteiger charge is 2.38. The monoisotopic (exact) mass is 470 g/mol. The van der Waals surface area contributed by atoms with E-state index in [9.17, 15) is 18.3 Å². The molecule has 0 saturated carbocycles. The lowest BCUT2D eigenvalue weighted by Crippen LogP contribution is -2.50. The molecule has 33 heavy (non-hydrogen) atoms. The average Bonchev–Trinajstić information content (AvgIpc) is 2.79. The van der Waals surface area contributed by atoms with Gasteiger partial charge in [-0.2, -0.15) is 4.31 Å². The summed E-state index contributed by atoms with van der Waals surface area (Å²) in [5.74, 6) is 5.98. The minimum atomic E-state index is -3.92. The van der Waals surface area contributed by atoms with E-state index in [1.165, 1.54) is 17.3 Å². The van der Waals surface area contributed by atoms with Crippen LogP contribution in [0.3, 0.4) is 0 Å². The lowest BCUT2D eigenvalue weighted by atomic mass is 10.0. The van der Waals surface area contributed by atoms with Crippen LogP contribution in [-0.4, -0.2) is 67.5 Å². The molecule has 2 aromatic carbocycles. The third-order valence-corrected chi connectivity index (χ3v) is 7.80. The molecule has 1 aliphatic heterocycles. The Labute approximate surface area is 196 Å². The van der Waals surface area contributed by atoms with E-state index in [1.54, 1.807) is 31.0 Å². The highest BCUT2D eigenvalue weighted by molar-refractivity contribution is 7.89. The molecule has 3 rings (SSSR count). The number of benzene rings is 2. The van der Waals surface area contributed by atoms with Gasteiger partial charge in [0.05, 0.1) is 13.2 Å². The van der Waals surface area contributed by atoms with Gasteiger partial charge in [-0.15, -0.1) is 0 Å². The van der Waals surface area contributed by atoms with Crippen molar-refractivity contribution in [2.24, 2.45) is 5.92 Å². The van der Waals surface area contributed by atoms with Crippen LogP contribution in [0.25, 0.3) is 0 Å². The second-order valence-corrected chi connectivity index (χ2v) is 10.3. The number of ether oxygens (including phenoxy) is 1. The first-order valence-corrected chi connectivity index (χ1v) is 12.3. The first-order chi connectivity index (χ1) is 15.6. The summed E-state index contributed by atoms with van der Waals surface area (Å²) >= 11 is 0. The molecule has 2 aromatic rings. The standard InChI is InChI=1S/C25H30N2O5S/c1-18-15-27(19(2)17-28)33(30,31)25-13-12-22(11-10-21-8-6-5-7-9-21)14-23(25)32-24(18)16-26(4)20(3)29/h5-9,12-14,18-19,24,28H,15-17H2,1-4H3/t18-,19-,24-/m0/s1. The zero-order valence-corrected chi connectivity index (χ0v) is 20.2. The molecule has 0 unspecified atom stereocenters. The summed E-state index contributed by atoms with van der Waals surface area (Å²) in [7, 11) is -2.23. The largest absolute Gasteiger partial charge is 0.487 e. The molecular formula is C25H30N2O5S. The number of carbonyl (C=O) groups excluding carboxylic acids is 1. The van der Waals surface area contributed by atoms with E-state index < -0.39 is 22.2 Å². The Balaban J connectivity index is 2.08. The van der Waals surface area contributed by atoms with Crippen LogP contribution in [0.4, 0.5) is 0 Å². The summed E-state index contributed by atoms with van der Waals surface area (Å²) in [6.45, 7) is 5.19. The summed E-state index contributed by atoms with van der Waals surface area (Å²) in [5, 5.41) is 9.71. The van der Waals surface area contributed by atoms with Gasteiger partial charge in [-0.1, -0.05) is 37.0 Å². The fraction of sp³-hybridized carbons (Fsp3) is 0.400. The average molecular weight is 471 g/mol. The second kappa shape index (κ2) is 10.4. The van der Waals surface area contributed by atoms with Crippen molar-refractivity contribution >= 4 is 15.9 Å². The van der Waals surface area contributed by atoms with Crippen LogP contribution < -0.4 is 4.74 Å². The molecule has 0 spiro atoms. The SMILES string of the molecule is CC(=O)N(C)C[C@@H]1Oc2cc(C#Cc3ccccc3)ccc2S(=O)(=O)N([C@@H](C)CO)C[C@@H]1C. The Kier molecular flexibility index (Phi) is 7.80. The van der Waals surface area contributed by atoms with Crippen molar-refractivity contribution in [3.8, 4) is 17.6 Å². The molecule has 1 N–H and O–H groups in total. The van der Waals surface area contributed by atoms with Crippen LogP contribution in [-0.2, 0) is 14.8 Å². The zero-order chi connectivity index (χ0) is 24.2. The van der Waals surface area contributed by atoms with Gasteiger partial charge in [-0.3, -0.25) is 4.79 Å². The number of amides is 1. The molecule has 0 aromatic heterocycles. The van der Waals surface area contributed by atoms with Crippen LogP contribution in [0.1, 0.15) is 31.9 Å². The molecule has 0 saturated heterocycles. The Morgan fingerprint density at radius 3 is 2.52 bits per heavy atom. The van der Waals surface area contributed by atoms with Gasteiger partial charge in [0.15, 0.2) is 0 Å². The summed E-state index contributed by atoms with van der Waals surface area (Å²) < 4.78 is 34.5. The lowest BCUT2D eigenvalue weighted by molar-refractivity contribution is -0.129. The fourth-order valence-corrected chi connectivity index (χ4v) is 5.41. The predicted octanol–water partition coefficient (Wildman–Crippen LogP) is 2.33. The molecule has 7 nitrogen and oxygen atoms in total. The Hall–Kier alpha value is -2.86. The maximum atomic E-state index is 13.5. The number of rotatable bonds is 4. The van der Waals surface area contributed by atoms with Gasteiger partial charge in [0.25, 0.3) is 0 Å². The number of aliphatic hydroxyl groups is 1. The van der Waals surface area contributed by atoms with Crippen LogP contribution in [0, 0.1) is 17.8 Å². The maximum absolute atomic E-state index is 13.5. The minimum Gasteiger partial charge on any atom is -0.487 e. The normalized spacial score (nSPS) is 20.8. The van der Waals surface area contributed by atoms with Crippen molar-refractivity contribution in [1.82, 2.24) is 9.21 Å². The summed E-state index contributed by atoms with van der Waals surface area (Å²) in [5.41, 5.74) is 1.46. The number of sulfonamides is 1. The van der Waals surface area contributed by atoms with E-state index in [4.69, 9.17) is 4.74 Å². The van der Waals surface area contributed by atoms with Gasteiger partial charge >= 0.3 is 0 Å². The molecule has 0 radical (unpaired) electrons. The molecule has 0 fully saturated rings. The molecule has 1 amide bonds. The molecule has 0 aliphatic carbocycles. The van der Waals surface area contributed by atoms with Gasteiger partial charge in [-0.05, 0) is 37.3 Å². The predicted molar refractivity (Wildman–Crippen MR) is 126 cm³/mol. The minimum absolute atomic E-state index is 0.0236. The number of nitrogens with zero attached hydrogens (tertiary/aromatic N) is 2. The first-order valence-electron chi connectivity index (χ1n) is 10.9.